The van der Waals surface area contributed by atoms with Crippen LogP contribution in [0.4, 0.5) is 0 Å². The van der Waals surface area contributed by atoms with Crippen molar-refractivity contribution >= 4 is 12.4 Å². The summed E-state index contributed by atoms with van der Waals surface area (Å²) < 4.78 is 12.3. The van der Waals surface area contributed by atoms with Gasteiger partial charge in [0.05, 0.1) is 12.3 Å². The largest absolute Gasteiger partial charge is 0.507 e. The van der Waals surface area contributed by atoms with E-state index >= 15 is 0 Å². The van der Waals surface area contributed by atoms with Crippen LogP contribution in [-0.4, -0.2) is 42.3 Å². The van der Waals surface area contributed by atoms with Crippen LogP contribution in [0.15, 0.2) is 34.7 Å². The van der Waals surface area contributed by atoms with E-state index < -0.39 is 0 Å². The molecule has 0 aliphatic heterocycles. The number of hydrogen-bond acceptors (Lipinski definition) is 6. The number of aromatic nitrogens is 1. The minimum atomic E-state index is -0.212. The third-order valence-electron chi connectivity index (χ3n) is 6.60. The van der Waals surface area contributed by atoms with Gasteiger partial charge in [-0.25, -0.2) is 4.98 Å². The number of ether oxygens (including phenoxy) is 1. The Labute approximate surface area is 254 Å². The second kappa shape index (κ2) is 16.8. The number of aryl methyl sites for hydroxylation is 2. The van der Waals surface area contributed by atoms with Crippen molar-refractivity contribution in [1.82, 2.24) is 15.6 Å². The van der Waals surface area contributed by atoms with Gasteiger partial charge in [-0.3, -0.25) is 0 Å². The molecular formula is C33H54ClN3O4. The number of phenolic OH excluding ortho intramolecular Hbond substituents is 1. The normalized spacial score (nSPS) is 11.2. The molecule has 0 saturated heterocycles. The van der Waals surface area contributed by atoms with Crippen LogP contribution in [-0.2, 0) is 23.8 Å². The van der Waals surface area contributed by atoms with Gasteiger partial charge in [-0.15, -0.1) is 12.4 Å². The summed E-state index contributed by atoms with van der Waals surface area (Å²) >= 11 is 0. The molecule has 0 bridgehead atoms. The van der Waals surface area contributed by atoms with E-state index in [4.69, 9.17) is 14.1 Å². The van der Waals surface area contributed by atoms with E-state index in [1.807, 2.05) is 32.2 Å². The standard InChI is InChI=1S/C30H42N2O3.C3H9N.ClH.H2O/c1-10-31-18-22-15-19(2)11-12-26(22)34-14-13-25-20(3)35-28(32-25)21-16-23(29(4,5)6)27(33)24(17-21)30(7,8)9;1-3-4-2;;/h11-12,15-17,31,33H,10,13-14,18H2,1-9H3;4H,3H2,1-2H3;1H;1H2. The zero-order valence-electron chi connectivity index (χ0n) is 27.0. The van der Waals surface area contributed by atoms with Crippen LogP contribution in [0.5, 0.6) is 11.5 Å². The lowest BCUT2D eigenvalue weighted by Crippen LogP contribution is -2.17. The molecule has 0 spiro atoms. The summed E-state index contributed by atoms with van der Waals surface area (Å²) in [6, 6.07) is 10.3. The number of oxazole rings is 1. The molecule has 232 valence electrons. The molecule has 0 saturated carbocycles. The molecule has 1 heterocycles. The maximum atomic E-state index is 11.0. The number of hydrogen-bond donors (Lipinski definition) is 3. The average Bonchev–Trinajstić information content (AvgIpc) is 3.22. The first-order chi connectivity index (χ1) is 18.2. The lowest BCUT2D eigenvalue weighted by Gasteiger charge is -2.27. The summed E-state index contributed by atoms with van der Waals surface area (Å²) in [5.74, 6) is 2.64. The van der Waals surface area contributed by atoms with Gasteiger partial charge in [0.25, 0.3) is 0 Å². The molecule has 0 aliphatic rings. The third kappa shape index (κ3) is 11.0. The van der Waals surface area contributed by atoms with Gasteiger partial charge in [-0.1, -0.05) is 73.1 Å². The highest BCUT2D eigenvalue weighted by atomic mass is 35.5. The molecule has 41 heavy (non-hydrogen) atoms. The van der Waals surface area contributed by atoms with E-state index in [1.54, 1.807) is 0 Å². The van der Waals surface area contributed by atoms with E-state index in [9.17, 15) is 5.11 Å². The van der Waals surface area contributed by atoms with Gasteiger partial charge in [0, 0.05) is 35.2 Å². The Kier molecular flexibility index (Phi) is 15.7. The molecule has 2 aromatic carbocycles. The van der Waals surface area contributed by atoms with Gasteiger partial charge in [0.15, 0.2) is 0 Å². The molecule has 0 amide bonds. The molecule has 0 unspecified atom stereocenters. The van der Waals surface area contributed by atoms with Gasteiger partial charge < -0.3 is 30.4 Å². The topological polar surface area (TPSA) is 111 Å². The van der Waals surface area contributed by atoms with Crippen molar-refractivity contribution in [3.63, 3.8) is 0 Å². The number of halogens is 1. The minimum absolute atomic E-state index is 0. The summed E-state index contributed by atoms with van der Waals surface area (Å²) in [6.45, 7) is 24.2. The van der Waals surface area contributed by atoms with Crippen LogP contribution in [0.1, 0.15) is 89.1 Å². The van der Waals surface area contributed by atoms with Gasteiger partial charge in [0.2, 0.25) is 5.89 Å². The molecule has 3 rings (SSSR count). The summed E-state index contributed by atoms with van der Waals surface area (Å²) in [6.07, 6.45) is 0.653. The van der Waals surface area contributed by atoms with Gasteiger partial charge in [-0.05, 0) is 63.0 Å². The summed E-state index contributed by atoms with van der Waals surface area (Å²) in [5, 5.41) is 17.3. The van der Waals surface area contributed by atoms with Crippen molar-refractivity contribution < 1.29 is 19.7 Å². The Morgan fingerprint density at radius 2 is 1.49 bits per heavy atom. The summed E-state index contributed by atoms with van der Waals surface area (Å²) in [7, 11) is 1.93. The fourth-order valence-corrected chi connectivity index (χ4v) is 4.19. The number of phenols is 1. The lowest BCUT2D eigenvalue weighted by atomic mass is 9.78. The SMILES string of the molecule is CCNC.CCNCc1cc(C)ccc1OCCc1nc(-c2cc(C(C)(C)C)c(O)c(C(C)(C)C)c2)oc1C.Cl.O. The zero-order chi connectivity index (χ0) is 29.4. The van der Waals surface area contributed by atoms with Gasteiger partial charge >= 0.3 is 0 Å². The fourth-order valence-electron chi connectivity index (χ4n) is 4.19. The molecule has 7 nitrogen and oxygen atoms in total. The molecule has 0 fully saturated rings. The molecule has 0 radical (unpaired) electrons. The van der Waals surface area contributed by atoms with Crippen molar-refractivity contribution in [2.45, 2.75) is 93.0 Å². The van der Waals surface area contributed by atoms with E-state index in [2.05, 4.69) is 85.1 Å². The third-order valence-corrected chi connectivity index (χ3v) is 6.60. The van der Waals surface area contributed by atoms with Crippen LogP contribution in [0.25, 0.3) is 11.5 Å². The highest BCUT2D eigenvalue weighted by Crippen LogP contribution is 2.42. The first-order valence-corrected chi connectivity index (χ1v) is 14.1. The second-order valence-corrected chi connectivity index (χ2v) is 12.1. The Hall–Kier alpha value is -2.58. The van der Waals surface area contributed by atoms with Crippen molar-refractivity contribution in [2.75, 3.05) is 26.7 Å². The van der Waals surface area contributed by atoms with Crippen LogP contribution >= 0.6 is 12.4 Å². The van der Waals surface area contributed by atoms with Gasteiger partial charge in [-0.2, -0.15) is 0 Å². The smallest absolute Gasteiger partial charge is 0.226 e. The molecule has 3 aromatic rings. The van der Waals surface area contributed by atoms with Crippen LogP contribution in [0, 0.1) is 13.8 Å². The number of rotatable bonds is 9. The molecule has 1 aromatic heterocycles. The lowest BCUT2D eigenvalue weighted by molar-refractivity contribution is 0.315. The zero-order valence-corrected chi connectivity index (χ0v) is 27.9. The molecule has 8 heteroatoms. The monoisotopic (exact) mass is 591 g/mol. The van der Waals surface area contributed by atoms with Crippen molar-refractivity contribution in [3.8, 4) is 23.0 Å². The molecular weight excluding hydrogens is 538 g/mol. The summed E-state index contributed by atoms with van der Waals surface area (Å²) in [5.41, 5.74) is 5.54. The van der Waals surface area contributed by atoms with E-state index in [1.165, 1.54) is 5.56 Å². The first-order valence-electron chi connectivity index (χ1n) is 14.1. The number of aromatic hydroxyl groups is 1. The predicted octanol–water partition coefficient (Wildman–Crippen LogP) is 6.81. The molecule has 0 atom stereocenters. The first kappa shape index (κ1) is 38.4. The minimum Gasteiger partial charge on any atom is -0.507 e. The van der Waals surface area contributed by atoms with Crippen LogP contribution in [0.2, 0.25) is 0 Å². The van der Waals surface area contributed by atoms with Crippen molar-refractivity contribution in [2.24, 2.45) is 0 Å². The maximum absolute atomic E-state index is 11.0. The fraction of sp³-hybridized carbons (Fsp3) is 0.545. The number of nitrogens with zero attached hydrogens (tertiary/aromatic N) is 1. The number of nitrogens with one attached hydrogen (secondary N) is 2. The van der Waals surface area contributed by atoms with Crippen molar-refractivity contribution in [3.05, 3.63) is 64.0 Å². The summed E-state index contributed by atoms with van der Waals surface area (Å²) in [4.78, 5) is 4.83. The Morgan fingerprint density at radius 3 is 1.98 bits per heavy atom. The second-order valence-electron chi connectivity index (χ2n) is 12.1. The van der Waals surface area contributed by atoms with E-state index in [-0.39, 0.29) is 28.7 Å². The Bertz CT molecular complexity index is 1170. The Morgan fingerprint density at radius 1 is 0.927 bits per heavy atom. The predicted molar refractivity (Wildman–Crippen MR) is 174 cm³/mol. The average molecular weight is 592 g/mol. The molecule has 5 N–H and O–H groups in total. The number of benzene rings is 2. The Balaban J connectivity index is 0.00000250. The highest BCUT2D eigenvalue weighted by Gasteiger charge is 2.28. The van der Waals surface area contributed by atoms with Crippen LogP contribution < -0.4 is 15.4 Å². The maximum Gasteiger partial charge on any atom is 0.226 e. The quantitative estimate of drug-likeness (QED) is 0.252. The van der Waals surface area contributed by atoms with Gasteiger partial charge in [0.1, 0.15) is 17.3 Å². The molecule has 0 aliphatic carbocycles. The van der Waals surface area contributed by atoms with E-state index in [0.717, 1.165) is 59.1 Å². The van der Waals surface area contributed by atoms with E-state index in [0.29, 0.717) is 24.7 Å². The van der Waals surface area contributed by atoms with Crippen LogP contribution in [0.3, 0.4) is 0 Å². The van der Waals surface area contributed by atoms with Crippen molar-refractivity contribution in [1.29, 1.82) is 0 Å². The highest BCUT2D eigenvalue weighted by molar-refractivity contribution is 5.85.